The largest absolute Gasteiger partial charge is 0.459 e. The lowest BCUT2D eigenvalue weighted by Gasteiger charge is -2.46. The summed E-state index contributed by atoms with van der Waals surface area (Å²) in [7, 11) is 0. The summed E-state index contributed by atoms with van der Waals surface area (Å²) in [5.41, 5.74) is 23.0. The smallest absolute Gasteiger partial charge is 0.261 e. The van der Waals surface area contributed by atoms with Crippen LogP contribution in [0, 0.1) is 0 Å². The fraction of sp³-hybridized carbons (Fsp3) is 0. The standard InChI is InChI=1S/C72H45B3N4O3/c1-6-23-46(24-7-1)76(47-25-8-2-9-26-47)51-41-61-69-66(42-51)80-63-38-20-17-34-53(63)73(69)55-43-56-60(44-59(55)78(61)49-29-12-4-13-30-49)79(50-31-14-5-15-32-50)62-45-67-71(72-70(62)74(56)54-35-18-21-39-64(54)82-72)75-52-33-16-19-36-57(52)77(48-27-10-3-11-28-48)58-37-22-40-65(81-67)68(58)75/h1-45H. The summed E-state index contributed by atoms with van der Waals surface area (Å²) in [6, 6.07) is 98.3. The quantitative estimate of drug-likeness (QED) is 0.154. The van der Waals surface area contributed by atoms with Crippen molar-refractivity contribution in [3.8, 4) is 34.5 Å². The molecule has 0 fully saturated rings. The molecule has 0 bridgehead atoms. The van der Waals surface area contributed by atoms with E-state index in [2.05, 4.69) is 293 Å². The van der Waals surface area contributed by atoms with Crippen LogP contribution in [0.5, 0.6) is 34.5 Å². The fourth-order valence-corrected chi connectivity index (χ4v) is 14.3. The summed E-state index contributed by atoms with van der Waals surface area (Å²) in [6.07, 6.45) is 0. The molecule has 0 saturated heterocycles. The van der Waals surface area contributed by atoms with Gasteiger partial charge in [0.2, 0.25) is 0 Å². The van der Waals surface area contributed by atoms with Crippen molar-refractivity contribution < 1.29 is 14.2 Å². The maximum atomic E-state index is 7.55. The van der Waals surface area contributed by atoms with E-state index in [9.17, 15) is 0 Å². The van der Waals surface area contributed by atoms with Gasteiger partial charge < -0.3 is 33.8 Å². The van der Waals surface area contributed by atoms with Gasteiger partial charge in [0.1, 0.15) is 34.5 Å². The molecule has 0 amide bonds. The van der Waals surface area contributed by atoms with Gasteiger partial charge in [-0.2, -0.15) is 0 Å². The molecule has 0 spiro atoms. The number of hydrogen-bond acceptors (Lipinski definition) is 7. The van der Waals surface area contributed by atoms with Crippen LogP contribution in [-0.2, 0) is 0 Å². The highest BCUT2D eigenvalue weighted by Gasteiger charge is 2.51. The summed E-state index contributed by atoms with van der Waals surface area (Å²) in [5, 5.41) is 0. The first-order chi connectivity index (χ1) is 40.7. The molecule has 18 rings (SSSR count). The highest BCUT2D eigenvalue weighted by molar-refractivity contribution is 7.04. The van der Waals surface area contributed by atoms with Gasteiger partial charge in [-0.15, -0.1) is 0 Å². The Hall–Kier alpha value is -10.6. The van der Waals surface area contributed by atoms with E-state index in [0.29, 0.717) is 0 Å². The lowest BCUT2D eigenvalue weighted by atomic mass is 9.29. The predicted octanol–water partition coefficient (Wildman–Crippen LogP) is 12.4. The van der Waals surface area contributed by atoms with Crippen molar-refractivity contribution in [1.29, 1.82) is 0 Å². The molecule has 6 aliphatic heterocycles. The van der Waals surface area contributed by atoms with Gasteiger partial charge in [0.05, 0.1) is 5.69 Å². The molecule has 0 unspecified atom stereocenters. The zero-order chi connectivity index (χ0) is 53.6. The summed E-state index contributed by atoms with van der Waals surface area (Å²) >= 11 is 0. The van der Waals surface area contributed by atoms with Gasteiger partial charge in [-0.25, -0.2) is 0 Å². The lowest BCUT2D eigenvalue weighted by Crippen LogP contribution is -2.66. The molecule has 0 radical (unpaired) electrons. The van der Waals surface area contributed by atoms with Crippen molar-refractivity contribution in [2.24, 2.45) is 0 Å². The van der Waals surface area contributed by atoms with Crippen LogP contribution in [0.3, 0.4) is 0 Å². The van der Waals surface area contributed by atoms with E-state index < -0.39 is 0 Å². The molecule has 0 saturated carbocycles. The van der Waals surface area contributed by atoms with Crippen LogP contribution in [0.25, 0.3) is 0 Å². The van der Waals surface area contributed by atoms with Crippen molar-refractivity contribution in [3.63, 3.8) is 0 Å². The molecular weight excluding hydrogens is 1000 g/mol. The van der Waals surface area contributed by atoms with E-state index in [-0.39, 0.29) is 20.1 Å². The minimum Gasteiger partial charge on any atom is -0.459 e. The van der Waals surface area contributed by atoms with Crippen LogP contribution >= 0.6 is 0 Å². The van der Waals surface area contributed by atoms with E-state index in [1.165, 1.54) is 16.4 Å². The zero-order valence-corrected chi connectivity index (χ0v) is 44.2. The number of rotatable bonds is 6. The van der Waals surface area contributed by atoms with Gasteiger partial charge in [-0.3, -0.25) is 0 Å². The van der Waals surface area contributed by atoms with Crippen LogP contribution in [-0.4, -0.2) is 20.1 Å². The first-order valence-corrected chi connectivity index (χ1v) is 28.2. The number of benzene rings is 12. The number of ether oxygens (including phenoxy) is 3. The number of hydrogen-bond donors (Lipinski definition) is 0. The molecule has 10 heteroatoms. The van der Waals surface area contributed by atoms with Crippen molar-refractivity contribution in [2.45, 2.75) is 0 Å². The lowest BCUT2D eigenvalue weighted by molar-refractivity contribution is 0.469. The normalized spacial score (nSPS) is 13.8. The average molecular weight is 1050 g/mol. The molecule has 6 aliphatic rings. The molecule has 380 valence electrons. The van der Waals surface area contributed by atoms with Gasteiger partial charge in [-0.1, -0.05) is 158 Å². The third-order valence-electron chi connectivity index (χ3n) is 17.5. The number of fused-ring (bicyclic) bond motifs is 13. The number of anilines is 12. The molecule has 12 aromatic carbocycles. The predicted molar refractivity (Wildman–Crippen MR) is 339 cm³/mol. The van der Waals surface area contributed by atoms with Crippen LogP contribution < -0.4 is 83.0 Å². The van der Waals surface area contributed by atoms with E-state index in [1.807, 2.05) is 0 Å². The molecule has 12 aromatic rings. The maximum Gasteiger partial charge on any atom is 0.261 e. The first kappa shape index (κ1) is 45.3. The second-order valence-corrected chi connectivity index (χ2v) is 21.8. The Morgan fingerprint density at radius 2 is 0.683 bits per heavy atom. The molecule has 0 N–H and O–H groups in total. The van der Waals surface area contributed by atoms with Crippen molar-refractivity contribution in [2.75, 3.05) is 19.6 Å². The summed E-state index contributed by atoms with van der Waals surface area (Å²) in [4.78, 5) is 9.67. The molecule has 7 nitrogen and oxygen atoms in total. The number of para-hydroxylation sites is 8. The van der Waals surface area contributed by atoms with Gasteiger partial charge in [-0.05, 0) is 147 Å². The third-order valence-corrected chi connectivity index (χ3v) is 17.5. The first-order valence-electron chi connectivity index (χ1n) is 28.2. The van der Waals surface area contributed by atoms with Gasteiger partial charge in [0.15, 0.2) is 0 Å². The van der Waals surface area contributed by atoms with Crippen LogP contribution in [0.4, 0.5) is 68.2 Å². The number of nitrogens with zero attached hydrogens (tertiary/aromatic N) is 4. The van der Waals surface area contributed by atoms with Gasteiger partial charge >= 0.3 is 0 Å². The highest BCUT2D eigenvalue weighted by Crippen LogP contribution is 2.50. The van der Waals surface area contributed by atoms with E-state index in [4.69, 9.17) is 14.2 Å². The minimum absolute atomic E-state index is 0.176. The SMILES string of the molecule is c1ccc(N(c2ccccc2)c2cc3c4c(c2)N(c2ccccc2)c2cc5c(cc2B4c2ccccc2O3)B2c3ccccc3Oc3c4c(cc(c32)N5c2ccccc2)Oc2cccc3c2B4c2ccccc2N3c2ccccc2)cc1. The topological polar surface area (TPSA) is 40.6 Å². The second-order valence-electron chi connectivity index (χ2n) is 21.8. The monoisotopic (exact) mass is 1050 g/mol. The Bertz CT molecular complexity index is 4570. The Kier molecular flexibility index (Phi) is 9.65. The average Bonchev–Trinajstić information content (AvgIpc) is 2.68. The van der Waals surface area contributed by atoms with E-state index >= 15 is 0 Å². The molecule has 0 aromatic heterocycles. The van der Waals surface area contributed by atoms with Gasteiger partial charge in [0, 0.05) is 80.2 Å². The Morgan fingerprint density at radius 1 is 0.244 bits per heavy atom. The summed E-state index contributed by atoms with van der Waals surface area (Å²) in [6.45, 7) is -0.582. The summed E-state index contributed by atoms with van der Waals surface area (Å²) in [5.74, 6) is 4.99. The molecular formula is C72H45B3N4O3. The fourth-order valence-electron chi connectivity index (χ4n) is 14.3. The zero-order valence-electron chi connectivity index (χ0n) is 44.2. The van der Waals surface area contributed by atoms with Crippen molar-refractivity contribution in [1.82, 2.24) is 0 Å². The molecule has 0 atom stereocenters. The molecule has 6 heterocycles. The Morgan fingerprint density at radius 3 is 1.29 bits per heavy atom. The molecule has 0 aliphatic carbocycles. The van der Waals surface area contributed by atoms with Crippen LogP contribution in [0.15, 0.2) is 273 Å². The second kappa shape index (κ2) is 17.5. The van der Waals surface area contributed by atoms with Crippen molar-refractivity contribution in [3.05, 3.63) is 273 Å². The van der Waals surface area contributed by atoms with Crippen LogP contribution in [0.2, 0.25) is 0 Å². The molecule has 82 heavy (non-hydrogen) atoms. The van der Waals surface area contributed by atoms with E-state index in [0.717, 1.165) is 136 Å². The van der Waals surface area contributed by atoms with Gasteiger partial charge in [0.25, 0.3) is 20.1 Å². The Labute approximate surface area is 476 Å². The minimum atomic E-state index is -0.217. The Balaban J connectivity index is 0.919. The highest BCUT2D eigenvalue weighted by atomic mass is 16.5. The van der Waals surface area contributed by atoms with Crippen LogP contribution in [0.1, 0.15) is 0 Å². The maximum absolute atomic E-state index is 7.55. The van der Waals surface area contributed by atoms with Crippen molar-refractivity contribution >= 4 is 138 Å². The summed E-state index contributed by atoms with van der Waals surface area (Å²) < 4.78 is 22.1. The third kappa shape index (κ3) is 6.46. The van der Waals surface area contributed by atoms with E-state index in [1.54, 1.807) is 0 Å².